The lowest BCUT2D eigenvalue weighted by Gasteiger charge is -2.12. The lowest BCUT2D eigenvalue weighted by molar-refractivity contribution is -0.141. The van der Waals surface area contributed by atoms with Gasteiger partial charge in [-0.15, -0.1) is 5.10 Å². The number of aromatic nitrogens is 3. The van der Waals surface area contributed by atoms with E-state index < -0.39 is 11.9 Å². The standard InChI is InChI=1S/C19H24N4O4/c1-11(2)27-16-8-6-15(7-9-16)23-12(3)17(21-22-23)18(24)20-14-5-4-13(10-14)19(25)26/h6-9,11,13-14H,4-5,10H2,1-3H3,(H,20,24)(H,25,26)/t13-,14+/m1/s1. The molecule has 1 aliphatic carbocycles. The summed E-state index contributed by atoms with van der Waals surface area (Å²) in [4.78, 5) is 23.6. The fourth-order valence-electron chi connectivity index (χ4n) is 3.31. The van der Waals surface area contributed by atoms with Crippen LogP contribution in [0.5, 0.6) is 5.75 Å². The first kappa shape index (κ1) is 18.9. The zero-order chi connectivity index (χ0) is 19.6. The molecule has 0 spiro atoms. The molecule has 3 rings (SSSR count). The van der Waals surface area contributed by atoms with Crippen LogP contribution in [0.1, 0.15) is 49.3 Å². The topological polar surface area (TPSA) is 106 Å². The largest absolute Gasteiger partial charge is 0.491 e. The van der Waals surface area contributed by atoms with Crippen LogP contribution < -0.4 is 10.1 Å². The summed E-state index contributed by atoms with van der Waals surface area (Å²) < 4.78 is 7.23. The molecule has 0 unspecified atom stereocenters. The Morgan fingerprint density at radius 2 is 1.96 bits per heavy atom. The second-order valence-corrected chi connectivity index (χ2v) is 7.11. The second kappa shape index (κ2) is 7.77. The number of hydrogen-bond donors (Lipinski definition) is 2. The quantitative estimate of drug-likeness (QED) is 0.806. The van der Waals surface area contributed by atoms with Gasteiger partial charge in [-0.2, -0.15) is 0 Å². The van der Waals surface area contributed by atoms with E-state index in [0.29, 0.717) is 25.0 Å². The van der Waals surface area contributed by atoms with Gasteiger partial charge in [0.1, 0.15) is 5.75 Å². The molecule has 8 nitrogen and oxygen atoms in total. The Morgan fingerprint density at radius 1 is 1.26 bits per heavy atom. The summed E-state index contributed by atoms with van der Waals surface area (Å²) in [5.74, 6) is -0.759. The number of ether oxygens (including phenoxy) is 1. The molecule has 1 aliphatic rings. The number of carbonyl (C=O) groups is 2. The van der Waals surface area contributed by atoms with Crippen LogP contribution in [-0.4, -0.2) is 44.1 Å². The first-order valence-corrected chi connectivity index (χ1v) is 9.08. The Kier molecular flexibility index (Phi) is 5.43. The SMILES string of the molecule is Cc1c(C(=O)N[C@H]2CC[C@@H](C(=O)O)C2)nnn1-c1ccc(OC(C)C)cc1. The number of nitrogens with one attached hydrogen (secondary N) is 1. The van der Waals surface area contributed by atoms with Gasteiger partial charge in [0.2, 0.25) is 0 Å². The van der Waals surface area contributed by atoms with E-state index >= 15 is 0 Å². The van der Waals surface area contributed by atoms with E-state index in [4.69, 9.17) is 9.84 Å². The average molecular weight is 372 g/mol. The summed E-state index contributed by atoms with van der Waals surface area (Å²) in [7, 11) is 0. The van der Waals surface area contributed by atoms with Crippen molar-refractivity contribution in [2.75, 3.05) is 0 Å². The monoisotopic (exact) mass is 372 g/mol. The normalized spacial score (nSPS) is 19.3. The highest BCUT2D eigenvalue weighted by molar-refractivity contribution is 5.93. The molecule has 144 valence electrons. The molecule has 2 aromatic rings. The minimum atomic E-state index is -0.807. The summed E-state index contributed by atoms with van der Waals surface area (Å²) in [6.45, 7) is 5.70. The molecule has 27 heavy (non-hydrogen) atoms. The Bertz CT molecular complexity index is 829. The Labute approximate surface area is 157 Å². The fraction of sp³-hybridized carbons (Fsp3) is 0.474. The number of carboxylic acids is 1. The van der Waals surface area contributed by atoms with Crippen LogP contribution in [0.15, 0.2) is 24.3 Å². The molecule has 0 bridgehead atoms. The highest BCUT2D eigenvalue weighted by Crippen LogP contribution is 2.26. The zero-order valence-corrected chi connectivity index (χ0v) is 15.7. The van der Waals surface area contributed by atoms with Gasteiger partial charge in [-0.25, -0.2) is 4.68 Å². The maximum Gasteiger partial charge on any atom is 0.306 e. The van der Waals surface area contributed by atoms with Crippen molar-refractivity contribution in [1.82, 2.24) is 20.3 Å². The molecule has 0 aliphatic heterocycles. The highest BCUT2D eigenvalue weighted by Gasteiger charge is 2.31. The van der Waals surface area contributed by atoms with Crippen molar-refractivity contribution in [2.24, 2.45) is 5.92 Å². The summed E-state index contributed by atoms with van der Waals surface area (Å²) in [6.07, 6.45) is 1.78. The van der Waals surface area contributed by atoms with E-state index in [1.165, 1.54) is 0 Å². The molecule has 1 heterocycles. The minimum Gasteiger partial charge on any atom is -0.491 e. The Morgan fingerprint density at radius 3 is 2.56 bits per heavy atom. The van der Waals surface area contributed by atoms with E-state index in [1.807, 2.05) is 38.1 Å². The number of hydrogen-bond acceptors (Lipinski definition) is 5. The van der Waals surface area contributed by atoms with Gasteiger partial charge in [0.25, 0.3) is 5.91 Å². The molecule has 0 saturated heterocycles. The highest BCUT2D eigenvalue weighted by atomic mass is 16.5. The van der Waals surface area contributed by atoms with E-state index in [9.17, 15) is 9.59 Å². The van der Waals surface area contributed by atoms with Crippen LogP contribution in [0.2, 0.25) is 0 Å². The van der Waals surface area contributed by atoms with Crippen LogP contribution in [0, 0.1) is 12.8 Å². The molecule has 2 N–H and O–H groups in total. The summed E-state index contributed by atoms with van der Waals surface area (Å²) >= 11 is 0. The lowest BCUT2D eigenvalue weighted by atomic mass is 10.1. The van der Waals surface area contributed by atoms with Gasteiger partial charge in [0, 0.05) is 6.04 Å². The predicted octanol–water partition coefficient (Wildman–Crippen LogP) is 2.35. The fourth-order valence-corrected chi connectivity index (χ4v) is 3.31. The number of benzene rings is 1. The number of aliphatic carboxylic acids is 1. The van der Waals surface area contributed by atoms with Gasteiger partial charge in [-0.1, -0.05) is 5.21 Å². The number of amides is 1. The van der Waals surface area contributed by atoms with Gasteiger partial charge in [0.05, 0.1) is 23.4 Å². The van der Waals surface area contributed by atoms with Gasteiger partial charge in [0.15, 0.2) is 5.69 Å². The maximum absolute atomic E-state index is 12.5. The third kappa shape index (κ3) is 4.27. The molecule has 0 radical (unpaired) electrons. The lowest BCUT2D eigenvalue weighted by Crippen LogP contribution is -2.34. The number of carboxylic acid groups (broad SMARTS) is 1. The predicted molar refractivity (Wildman–Crippen MR) is 98.1 cm³/mol. The van der Waals surface area contributed by atoms with Crippen molar-refractivity contribution in [3.05, 3.63) is 35.7 Å². The van der Waals surface area contributed by atoms with Gasteiger partial charge in [-0.05, 0) is 64.3 Å². The van der Waals surface area contributed by atoms with E-state index in [-0.39, 0.29) is 23.7 Å². The van der Waals surface area contributed by atoms with Crippen molar-refractivity contribution in [2.45, 2.75) is 52.2 Å². The third-order valence-electron chi connectivity index (χ3n) is 4.68. The van der Waals surface area contributed by atoms with Crippen LogP contribution in [0.3, 0.4) is 0 Å². The van der Waals surface area contributed by atoms with Crippen molar-refractivity contribution in [3.8, 4) is 11.4 Å². The number of rotatable bonds is 6. The van der Waals surface area contributed by atoms with Crippen LogP contribution in [-0.2, 0) is 4.79 Å². The van der Waals surface area contributed by atoms with Crippen molar-refractivity contribution in [1.29, 1.82) is 0 Å². The summed E-state index contributed by atoms with van der Waals surface area (Å²) in [6, 6.07) is 7.27. The molecule has 1 aromatic heterocycles. The molecule has 1 amide bonds. The molecule has 1 saturated carbocycles. The average Bonchev–Trinajstić information content (AvgIpc) is 3.22. The van der Waals surface area contributed by atoms with Crippen LogP contribution in [0.25, 0.3) is 5.69 Å². The van der Waals surface area contributed by atoms with E-state index in [2.05, 4.69) is 15.6 Å². The first-order valence-electron chi connectivity index (χ1n) is 9.08. The van der Waals surface area contributed by atoms with Crippen LogP contribution in [0.4, 0.5) is 0 Å². The number of nitrogens with zero attached hydrogens (tertiary/aromatic N) is 3. The smallest absolute Gasteiger partial charge is 0.306 e. The van der Waals surface area contributed by atoms with Gasteiger partial charge >= 0.3 is 5.97 Å². The zero-order valence-electron chi connectivity index (χ0n) is 15.7. The number of carbonyl (C=O) groups excluding carboxylic acids is 1. The Balaban J connectivity index is 1.69. The van der Waals surface area contributed by atoms with Gasteiger partial charge < -0.3 is 15.2 Å². The molecule has 1 aromatic carbocycles. The maximum atomic E-state index is 12.5. The third-order valence-corrected chi connectivity index (χ3v) is 4.68. The molecular weight excluding hydrogens is 348 g/mol. The van der Waals surface area contributed by atoms with Crippen LogP contribution >= 0.6 is 0 Å². The first-order chi connectivity index (χ1) is 12.8. The molecular formula is C19H24N4O4. The molecule has 2 atom stereocenters. The minimum absolute atomic E-state index is 0.0931. The second-order valence-electron chi connectivity index (χ2n) is 7.11. The van der Waals surface area contributed by atoms with Crippen molar-refractivity contribution >= 4 is 11.9 Å². The van der Waals surface area contributed by atoms with Crippen molar-refractivity contribution < 1.29 is 19.4 Å². The molecule has 1 fully saturated rings. The summed E-state index contributed by atoms with van der Waals surface area (Å²) in [5, 5.41) is 20.1. The van der Waals surface area contributed by atoms with Gasteiger partial charge in [-0.3, -0.25) is 9.59 Å². The Hall–Kier alpha value is -2.90. The summed E-state index contributed by atoms with van der Waals surface area (Å²) in [5.41, 5.74) is 1.65. The molecule has 8 heteroatoms. The van der Waals surface area contributed by atoms with E-state index in [1.54, 1.807) is 11.6 Å². The van der Waals surface area contributed by atoms with Crippen molar-refractivity contribution in [3.63, 3.8) is 0 Å². The van der Waals surface area contributed by atoms with E-state index in [0.717, 1.165) is 11.4 Å².